The fourth-order valence-electron chi connectivity index (χ4n) is 4.58. The van der Waals surface area contributed by atoms with E-state index in [1.54, 1.807) is 5.06 Å². The Bertz CT molecular complexity index is 1190. The van der Waals surface area contributed by atoms with Crippen LogP contribution in [0.5, 0.6) is 0 Å². The lowest BCUT2D eigenvalue weighted by molar-refractivity contribution is -0.126. The minimum absolute atomic E-state index is 0.00904. The highest BCUT2D eigenvalue weighted by Gasteiger charge is 2.60. The molecule has 3 aromatic rings. The van der Waals surface area contributed by atoms with Gasteiger partial charge in [-0.2, -0.15) is 0 Å². The summed E-state index contributed by atoms with van der Waals surface area (Å²) in [7, 11) is 0. The second-order valence-electron chi connectivity index (χ2n) is 9.52. The Hall–Kier alpha value is -3.51. The van der Waals surface area contributed by atoms with E-state index in [9.17, 15) is 14.0 Å². The van der Waals surface area contributed by atoms with Gasteiger partial charge in [-0.05, 0) is 52.9 Å². The Morgan fingerprint density at radius 2 is 1.42 bits per heavy atom. The third-order valence-electron chi connectivity index (χ3n) is 6.33. The number of fused-ring (bicyclic) bond motifs is 1. The lowest BCUT2D eigenvalue weighted by Crippen LogP contribution is -2.37. The molecule has 5 rings (SSSR count). The van der Waals surface area contributed by atoms with Crippen LogP contribution in [0.15, 0.2) is 78.9 Å². The molecule has 5 nitrogen and oxygen atoms in total. The fraction of sp³-hybridized carbons (Fsp3) is 0.259. The van der Waals surface area contributed by atoms with Gasteiger partial charge in [0.15, 0.2) is 6.10 Å². The average Bonchev–Trinajstić information content (AvgIpc) is 3.31. The number of nitrogens with zero attached hydrogens (tertiary/aromatic N) is 2. The first-order valence-corrected chi connectivity index (χ1v) is 11.0. The topological polar surface area (TPSA) is 49.9 Å². The van der Waals surface area contributed by atoms with Gasteiger partial charge >= 0.3 is 0 Å². The molecule has 2 aliphatic rings. The molecule has 2 amide bonds. The molecule has 3 atom stereocenters. The number of carbonyl (C=O) groups excluding carboxylic acids is 2. The van der Waals surface area contributed by atoms with E-state index in [1.807, 2.05) is 42.5 Å². The Morgan fingerprint density at radius 1 is 0.788 bits per heavy atom. The number of anilines is 2. The van der Waals surface area contributed by atoms with Gasteiger partial charge in [-0.1, -0.05) is 63.2 Å². The molecule has 2 aliphatic heterocycles. The van der Waals surface area contributed by atoms with Crippen LogP contribution >= 0.6 is 0 Å². The van der Waals surface area contributed by atoms with Crippen LogP contribution in [0.2, 0.25) is 0 Å². The van der Waals surface area contributed by atoms with Gasteiger partial charge in [0, 0.05) is 0 Å². The molecule has 2 fully saturated rings. The second kappa shape index (κ2) is 7.81. The molecule has 0 N–H and O–H groups in total. The molecule has 0 aliphatic carbocycles. The van der Waals surface area contributed by atoms with Crippen LogP contribution < -0.4 is 9.96 Å². The van der Waals surface area contributed by atoms with Crippen LogP contribution in [-0.2, 0) is 19.8 Å². The molecular formula is C27H25FN2O3. The van der Waals surface area contributed by atoms with Crippen LogP contribution in [0.1, 0.15) is 37.9 Å². The van der Waals surface area contributed by atoms with E-state index in [0.29, 0.717) is 5.69 Å². The van der Waals surface area contributed by atoms with Gasteiger partial charge < -0.3 is 0 Å². The SMILES string of the molecule is CC(C)(C)c1ccc(C2C3C(=O)N(c4ccc(F)cc4)C(=O)C3ON2c2ccccc2)cc1. The van der Waals surface area contributed by atoms with E-state index in [1.165, 1.54) is 29.8 Å². The van der Waals surface area contributed by atoms with Gasteiger partial charge in [0.2, 0.25) is 5.91 Å². The minimum atomic E-state index is -0.949. The molecule has 3 aromatic carbocycles. The van der Waals surface area contributed by atoms with Crippen molar-refractivity contribution in [1.29, 1.82) is 0 Å². The van der Waals surface area contributed by atoms with E-state index >= 15 is 0 Å². The van der Waals surface area contributed by atoms with Crippen molar-refractivity contribution in [3.8, 4) is 0 Å². The van der Waals surface area contributed by atoms with Gasteiger partial charge in [0.05, 0.1) is 17.4 Å². The maximum atomic E-state index is 13.6. The summed E-state index contributed by atoms with van der Waals surface area (Å²) in [6.45, 7) is 6.44. The molecule has 33 heavy (non-hydrogen) atoms. The summed E-state index contributed by atoms with van der Waals surface area (Å²) in [6, 6.07) is 22.5. The summed E-state index contributed by atoms with van der Waals surface area (Å²) in [5.74, 6) is -1.93. The molecule has 3 unspecified atom stereocenters. The van der Waals surface area contributed by atoms with E-state index in [0.717, 1.165) is 16.2 Å². The van der Waals surface area contributed by atoms with Gasteiger partial charge in [-0.25, -0.2) is 14.4 Å². The average molecular weight is 445 g/mol. The number of hydrogen-bond acceptors (Lipinski definition) is 4. The zero-order chi connectivity index (χ0) is 23.3. The first-order chi connectivity index (χ1) is 15.8. The van der Waals surface area contributed by atoms with Crippen molar-refractivity contribution in [3.05, 3.63) is 95.8 Å². The molecule has 0 spiro atoms. The standard InChI is InChI=1S/C27H25FN2O3/c1-27(2,3)18-11-9-17(10-12-18)23-22-24(33-30(23)21-7-5-4-6-8-21)26(32)29(25(22)31)20-15-13-19(28)14-16-20/h4-16,22-24H,1-3H3. The van der Waals surface area contributed by atoms with Crippen LogP contribution in [0.25, 0.3) is 0 Å². The number of para-hydroxylation sites is 1. The molecule has 6 heteroatoms. The monoisotopic (exact) mass is 444 g/mol. The number of rotatable bonds is 3. The summed E-state index contributed by atoms with van der Waals surface area (Å²) in [4.78, 5) is 34.1. The van der Waals surface area contributed by atoms with Crippen molar-refractivity contribution < 1.29 is 18.8 Å². The van der Waals surface area contributed by atoms with E-state index in [2.05, 4.69) is 32.9 Å². The van der Waals surface area contributed by atoms with Crippen molar-refractivity contribution in [2.45, 2.75) is 38.3 Å². The van der Waals surface area contributed by atoms with Crippen molar-refractivity contribution in [2.24, 2.45) is 5.92 Å². The highest BCUT2D eigenvalue weighted by molar-refractivity contribution is 6.23. The maximum Gasteiger partial charge on any atom is 0.266 e. The quantitative estimate of drug-likeness (QED) is 0.523. The summed E-state index contributed by atoms with van der Waals surface area (Å²) in [6.07, 6.45) is -0.949. The van der Waals surface area contributed by atoms with Crippen LogP contribution in [0.4, 0.5) is 15.8 Å². The van der Waals surface area contributed by atoms with Crippen LogP contribution in [0, 0.1) is 11.7 Å². The highest BCUT2D eigenvalue weighted by atomic mass is 19.1. The highest BCUT2D eigenvalue weighted by Crippen LogP contribution is 2.47. The third kappa shape index (κ3) is 3.60. The number of amides is 2. The van der Waals surface area contributed by atoms with E-state index in [-0.39, 0.29) is 11.3 Å². The summed E-state index contributed by atoms with van der Waals surface area (Å²) in [5.41, 5.74) is 3.17. The molecule has 168 valence electrons. The number of hydrogen-bond donors (Lipinski definition) is 0. The molecular weight excluding hydrogens is 419 g/mol. The van der Waals surface area contributed by atoms with Gasteiger partial charge in [-0.15, -0.1) is 0 Å². The van der Waals surface area contributed by atoms with Gasteiger partial charge in [0.1, 0.15) is 11.7 Å². The molecule has 2 saturated heterocycles. The first-order valence-electron chi connectivity index (χ1n) is 11.0. The summed E-state index contributed by atoms with van der Waals surface area (Å²) in [5, 5.41) is 1.68. The predicted molar refractivity (Wildman–Crippen MR) is 124 cm³/mol. The fourth-order valence-corrected chi connectivity index (χ4v) is 4.58. The first kappa shape index (κ1) is 21.3. The van der Waals surface area contributed by atoms with Crippen molar-refractivity contribution >= 4 is 23.2 Å². The number of imide groups is 1. The zero-order valence-electron chi connectivity index (χ0n) is 18.7. The number of hydroxylamine groups is 1. The predicted octanol–water partition coefficient (Wildman–Crippen LogP) is 5.17. The largest absolute Gasteiger partial charge is 0.273 e. The van der Waals surface area contributed by atoms with Gasteiger partial charge in [0.25, 0.3) is 5.91 Å². The molecule has 2 heterocycles. The smallest absolute Gasteiger partial charge is 0.266 e. The number of halogens is 1. The van der Waals surface area contributed by atoms with Crippen molar-refractivity contribution in [2.75, 3.05) is 9.96 Å². The molecule has 0 aromatic heterocycles. The third-order valence-corrected chi connectivity index (χ3v) is 6.33. The van der Waals surface area contributed by atoms with Crippen molar-refractivity contribution in [1.82, 2.24) is 0 Å². The zero-order valence-corrected chi connectivity index (χ0v) is 18.7. The van der Waals surface area contributed by atoms with E-state index in [4.69, 9.17) is 4.84 Å². The van der Waals surface area contributed by atoms with Crippen LogP contribution in [0.3, 0.4) is 0 Å². The lowest BCUT2D eigenvalue weighted by Gasteiger charge is -2.29. The Morgan fingerprint density at radius 3 is 2.03 bits per heavy atom. The molecule has 0 radical (unpaired) electrons. The Balaban J connectivity index is 1.57. The van der Waals surface area contributed by atoms with Crippen LogP contribution in [-0.4, -0.2) is 17.9 Å². The summed E-state index contributed by atoms with van der Waals surface area (Å²) < 4.78 is 13.4. The Labute approximate surface area is 192 Å². The maximum absolute atomic E-state index is 13.6. The second-order valence-corrected chi connectivity index (χ2v) is 9.52. The normalized spacial score (nSPS) is 22.7. The minimum Gasteiger partial charge on any atom is -0.273 e. The molecule has 0 bridgehead atoms. The Kier molecular flexibility index (Phi) is 5.05. The van der Waals surface area contributed by atoms with E-state index < -0.39 is 29.8 Å². The lowest BCUT2D eigenvalue weighted by atomic mass is 9.84. The number of carbonyl (C=O) groups is 2. The van der Waals surface area contributed by atoms with Crippen molar-refractivity contribution in [3.63, 3.8) is 0 Å². The van der Waals surface area contributed by atoms with Gasteiger partial charge in [-0.3, -0.25) is 14.4 Å². The number of benzene rings is 3. The summed E-state index contributed by atoms with van der Waals surface area (Å²) >= 11 is 0. The molecule has 0 saturated carbocycles.